The Morgan fingerprint density at radius 2 is 1.92 bits per heavy atom. The monoisotopic (exact) mass is 186 g/mol. The fraction of sp³-hybridized carbons (Fsp3) is 0.900. The molecule has 0 aromatic rings. The van der Waals surface area contributed by atoms with Crippen molar-refractivity contribution in [3.63, 3.8) is 0 Å². The third kappa shape index (κ3) is 2.21. The van der Waals surface area contributed by atoms with Crippen molar-refractivity contribution >= 4 is 5.97 Å². The molecule has 3 nitrogen and oxygen atoms in total. The van der Waals surface area contributed by atoms with Gasteiger partial charge in [-0.05, 0) is 12.8 Å². The van der Waals surface area contributed by atoms with Gasteiger partial charge in [-0.3, -0.25) is 0 Å². The summed E-state index contributed by atoms with van der Waals surface area (Å²) in [5, 5.41) is 0. The summed E-state index contributed by atoms with van der Waals surface area (Å²) in [6.07, 6.45) is 6.00. The van der Waals surface area contributed by atoms with Crippen molar-refractivity contribution in [3.05, 3.63) is 0 Å². The van der Waals surface area contributed by atoms with Crippen LogP contribution in [0.3, 0.4) is 0 Å². The fourth-order valence-corrected chi connectivity index (χ4v) is 2.14. The highest BCUT2D eigenvalue weighted by Crippen LogP contribution is 2.30. The van der Waals surface area contributed by atoms with Crippen LogP contribution < -0.4 is 5.73 Å². The summed E-state index contributed by atoms with van der Waals surface area (Å²) in [5.74, 6) is 0.244. The largest absolute Gasteiger partial charge is 0.464 e. The first-order valence-corrected chi connectivity index (χ1v) is 5.03. The first-order chi connectivity index (χ1) is 6.09. The van der Waals surface area contributed by atoms with Crippen LogP contribution in [0.1, 0.15) is 39.0 Å². The first-order valence-electron chi connectivity index (χ1n) is 5.03. The van der Waals surface area contributed by atoms with Crippen molar-refractivity contribution in [1.29, 1.82) is 0 Å². The maximum atomic E-state index is 11.4. The molecule has 1 unspecified atom stereocenters. The minimum absolute atomic E-state index is 0.167. The first kappa shape index (κ1) is 10.5. The van der Waals surface area contributed by atoms with Gasteiger partial charge in [-0.1, -0.05) is 19.3 Å². The maximum Gasteiger partial charge on any atom is 0.367 e. The van der Waals surface area contributed by atoms with Crippen LogP contribution >= 0.6 is 0 Å². The van der Waals surface area contributed by atoms with Gasteiger partial charge >= 0.3 is 5.97 Å². The van der Waals surface area contributed by atoms with Crippen molar-refractivity contribution in [3.8, 4) is 0 Å². The zero-order chi connectivity index (χ0) is 9.90. The van der Waals surface area contributed by atoms with E-state index in [2.05, 4.69) is 5.73 Å². The molecule has 1 atom stereocenters. The van der Waals surface area contributed by atoms with Crippen molar-refractivity contribution in [2.75, 3.05) is 7.11 Å². The molecule has 0 spiro atoms. The molecule has 3 N–H and O–H groups in total. The van der Waals surface area contributed by atoms with E-state index in [0.717, 1.165) is 12.8 Å². The number of rotatable bonds is 2. The van der Waals surface area contributed by atoms with Crippen molar-refractivity contribution in [2.45, 2.75) is 44.6 Å². The number of esters is 1. The second kappa shape index (κ2) is 4.09. The third-order valence-electron chi connectivity index (χ3n) is 3.16. The molecule has 0 bridgehead atoms. The molecule has 0 radical (unpaired) electrons. The fourth-order valence-electron chi connectivity index (χ4n) is 2.14. The minimum Gasteiger partial charge on any atom is -0.464 e. The van der Waals surface area contributed by atoms with Crippen LogP contribution in [0.2, 0.25) is 0 Å². The van der Waals surface area contributed by atoms with Gasteiger partial charge in [-0.15, -0.1) is 0 Å². The smallest absolute Gasteiger partial charge is 0.367 e. The molecule has 1 fully saturated rings. The van der Waals surface area contributed by atoms with Crippen LogP contribution in [0.15, 0.2) is 0 Å². The molecule has 76 valence electrons. The molecule has 3 heteroatoms. The summed E-state index contributed by atoms with van der Waals surface area (Å²) in [7, 11) is 1.44. The van der Waals surface area contributed by atoms with E-state index < -0.39 is 5.54 Å². The highest BCUT2D eigenvalue weighted by molar-refractivity contribution is 5.78. The normalized spacial score (nSPS) is 23.6. The summed E-state index contributed by atoms with van der Waals surface area (Å²) < 4.78 is 4.77. The van der Waals surface area contributed by atoms with Gasteiger partial charge in [-0.2, -0.15) is 0 Å². The van der Waals surface area contributed by atoms with Gasteiger partial charge in [0, 0.05) is 12.8 Å². The predicted octanol–water partition coefficient (Wildman–Crippen LogP) is 0.740. The average Bonchev–Trinajstić information content (AvgIpc) is 2.18. The Balaban J connectivity index is 2.60. The highest BCUT2D eigenvalue weighted by atomic mass is 16.5. The zero-order valence-corrected chi connectivity index (χ0v) is 8.64. The molecule has 13 heavy (non-hydrogen) atoms. The molecular formula is C10H20NO2+. The van der Waals surface area contributed by atoms with Crippen molar-refractivity contribution in [1.82, 2.24) is 0 Å². The number of ether oxygens (including phenoxy) is 1. The lowest BCUT2D eigenvalue weighted by atomic mass is 9.76. The van der Waals surface area contributed by atoms with Crippen molar-refractivity contribution < 1.29 is 15.3 Å². The standard InChI is InChI=1S/C10H19NO2/c1-10(11,9(12)13-2)8-6-4-3-5-7-8/h8H,3-7,11H2,1-2H3/p+1. The lowest BCUT2D eigenvalue weighted by Crippen LogP contribution is -2.78. The molecule has 1 aliphatic carbocycles. The molecule has 0 aromatic heterocycles. The van der Waals surface area contributed by atoms with Gasteiger partial charge in [0.2, 0.25) is 0 Å². The van der Waals surface area contributed by atoms with Crippen molar-refractivity contribution in [2.24, 2.45) is 5.92 Å². The van der Waals surface area contributed by atoms with Crippen LogP contribution in [0.5, 0.6) is 0 Å². The number of carbonyl (C=O) groups excluding carboxylic acids is 1. The van der Waals surface area contributed by atoms with E-state index in [1.807, 2.05) is 6.92 Å². The quantitative estimate of drug-likeness (QED) is 0.647. The Kier molecular flexibility index (Phi) is 3.31. The van der Waals surface area contributed by atoms with Gasteiger partial charge in [0.05, 0.1) is 7.11 Å². The lowest BCUT2D eigenvalue weighted by Gasteiger charge is -2.30. The number of methoxy groups -OCH3 is 1. The van der Waals surface area contributed by atoms with Crippen LogP contribution in [0, 0.1) is 5.92 Å². The molecule has 1 rings (SSSR count). The van der Waals surface area contributed by atoms with Gasteiger partial charge in [-0.25, -0.2) is 4.79 Å². The van der Waals surface area contributed by atoms with Gasteiger partial charge < -0.3 is 10.5 Å². The van der Waals surface area contributed by atoms with E-state index in [4.69, 9.17) is 4.74 Å². The zero-order valence-electron chi connectivity index (χ0n) is 8.64. The highest BCUT2D eigenvalue weighted by Gasteiger charge is 2.42. The molecule has 1 aliphatic rings. The second-order valence-corrected chi connectivity index (χ2v) is 4.24. The Hall–Kier alpha value is -0.570. The number of hydrogen-bond donors (Lipinski definition) is 1. The average molecular weight is 186 g/mol. The van der Waals surface area contributed by atoms with E-state index in [9.17, 15) is 4.79 Å². The van der Waals surface area contributed by atoms with Gasteiger partial charge in [0.25, 0.3) is 0 Å². The number of quaternary nitrogens is 1. The third-order valence-corrected chi connectivity index (χ3v) is 3.16. The topological polar surface area (TPSA) is 53.9 Å². The summed E-state index contributed by atoms with van der Waals surface area (Å²) in [6, 6.07) is 0. The van der Waals surface area contributed by atoms with Crippen LogP contribution in [0.25, 0.3) is 0 Å². The van der Waals surface area contributed by atoms with E-state index in [0.29, 0.717) is 5.92 Å². The van der Waals surface area contributed by atoms with Gasteiger partial charge in [0.1, 0.15) is 0 Å². The van der Waals surface area contributed by atoms with E-state index in [1.54, 1.807) is 0 Å². The Morgan fingerprint density at radius 3 is 2.38 bits per heavy atom. The molecular weight excluding hydrogens is 166 g/mol. The van der Waals surface area contributed by atoms with Crippen LogP contribution in [-0.2, 0) is 9.53 Å². The number of carbonyl (C=O) groups is 1. The summed E-state index contributed by atoms with van der Waals surface area (Å²) in [5.41, 5.74) is 3.46. The SMILES string of the molecule is COC(=O)C(C)([NH3+])C1CCCCC1. The summed E-state index contributed by atoms with van der Waals surface area (Å²) in [6.45, 7) is 1.90. The molecule has 1 saturated carbocycles. The summed E-state index contributed by atoms with van der Waals surface area (Å²) >= 11 is 0. The van der Waals surface area contributed by atoms with Gasteiger partial charge in [0.15, 0.2) is 5.54 Å². The molecule has 0 aromatic carbocycles. The number of hydrogen-bond acceptors (Lipinski definition) is 2. The van der Waals surface area contributed by atoms with E-state index in [1.165, 1.54) is 26.4 Å². The van der Waals surface area contributed by atoms with E-state index >= 15 is 0 Å². The van der Waals surface area contributed by atoms with Crippen LogP contribution in [-0.4, -0.2) is 18.6 Å². The molecule has 0 saturated heterocycles. The predicted molar refractivity (Wildman–Crippen MR) is 49.9 cm³/mol. The Labute approximate surface area is 79.6 Å². The maximum absolute atomic E-state index is 11.4. The summed E-state index contributed by atoms with van der Waals surface area (Å²) in [4.78, 5) is 11.4. The van der Waals surface area contributed by atoms with E-state index in [-0.39, 0.29) is 5.97 Å². The Bertz CT molecular complexity index is 183. The molecule has 0 aliphatic heterocycles. The van der Waals surface area contributed by atoms with Crippen LogP contribution in [0.4, 0.5) is 0 Å². The Morgan fingerprint density at radius 1 is 1.38 bits per heavy atom. The minimum atomic E-state index is -0.533. The molecule has 0 heterocycles. The lowest BCUT2D eigenvalue weighted by molar-refractivity contribution is -0.472. The second-order valence-electron chi connectivity index (χ2n) is 4.24. The molecule has 0 amide bonds.